The van der Waals surface area contributed by atoms with Crippen LogP contribution in [0.2, 0.25) is 0 Å². The van der Waals surface area contributed by atoms with E-state index in [1.54, 1.807) is 7.11 Å². The van der Waals surface area contributed by atoms with Gasteiger partial charge in [0.15, 0.2) is 4.96 Å². The number of thiazole rings is 1. The number of amides is 1. The van der Waals surface area contributed by atoms with E-state index in [1.165, 1.54) is 21.9 Å². The average Bonchev–Trinajstić information content (AvgIpc) is 2.66. The first kappa shape index (κ1) is 14.7. The maximum Gasteiger partial charge on any atom is 0.271 e. The maximum atomic E-state index is 12.4. The molecule has 0 aliphatic carbocycles. The maximum absolute atomic E-state index is 12.4. The van der Waals surface area contributed by atoms with Crippen LogP contribution in [-0.4, -0.2) is 35.1 Å². The third-order valence-corrected chi connectivity index (χ3v) is 4.13. The molecule has 1 amide bonds. The Hall–Kier alpha value is -1.73. The Morgan fingerprint density at radius 3 is 2.90 bits per heavy atom. The Morgan fingerprint density at radius 1 is 1.55 bits per heavy atom. The first-order valence-corrected chi connectivity index (χ1v) is 7.05. The van der Waals surface area contributed by atoms with Crippen LogP contribution < -0.4 is 10.9 Å². The number of nitrogens with zero attached hydrogens (tertiary/aromatic N) is 2. The van der Waals surface area contributed by atoms with Gasteiger partial charge in [-0.2, -0.15) is 0 Å². The summed E-state index contributed by atoms with van der Waals surface area (Å²) in [4.78, 5) is 30.3. The van der Waals surface area contributed by atoms with Crippen molar-refractivity contribution in [2.24, 2.45) is 0 Å². The summed E-state index contributed by atoms with van der Waals surface area (Å²) in [6, 6.07) is -0.169. The molecule has 0 bridgehead atoms. The molecular weight excluding hydrogens is 278 g/mol. The van der Waals surface area contributed by atoms with Crippen LogP contribution in [0.25, 0.3) is 4.96 Å². The molecule has 2 aromatic heterocycles. The molecule has 0 fully saturated rings. The van der Waals surface area contributed by atoms with Crippen molar-refractivity contribution in [1.82, 2.24) is 14.7 Å². The summed E-state index contributed by atoms with van der Waals surface area (Å²) >= 11 is 1.44. The minimum absolute atomic E-state index is 0.0475. The summed E-state index contributed by atoms with van der Waals surface area (Å²) in [7, 11) is 1.56. The number of methoxy groups -OCH3 is 1. The molecule has 108 valence electrons. The minimum Gasteiger partial charge on any atom is -0.383 e. The number of nitrogens with one attached hydrogen (secondary N) is 1. The highest BCUT2D eigenvalue weighted by Crippen LogP contribution is 2.18. The van der Waals surface area contributed by atoms with Gasteiger partial charge in [0, 0.05) is 29.9 Å². The molecule has 2 aromatic rings. The Labute approximate surface area is 120 Å². The Balaban J connectivity index is 2.40. The highest BCUT2D eigenvalue weighted by Gasteiger charge is 2.17. The standard InChI is InChI=1S/C13H17N3O3S/c1-7(6-19-4)15-11(17)10-5-14-13-16(12(10)18)8(2)9(3)20-13/h5,7H,6H2,1-4H3,(H,15,17). The fourth-order valence-electron chi connectivity index (χ4n) is 1.93. The summed E-state index contributed by atoms with van der Waals surface area (Å²) in [6.45, 7) is 5.97. The van der Waals surface area contributed by atoms with Gasteiger partial charge in [0.2, 0.25) is 0 Å². The van der Waals surface area contributed by atoms with E-state index in [2.05, 4.69) is 10.3 Å². The second-order valence-corrected chi connectivity index (χ2v) is 5.85. The number of carbonyl (C=O) groups excluding carboxylic acids is 1. The number of ether oxygens (including phenoxy) is 1. The topological polar surface area (TPSA) is 72.7 Å². The molecule has 6 nitrogen and oxygen atoms in total. The van der Waals surface area contributed by atoms with Crippen LogP contribution in [0.15, 0.2) is 11.0 Å². The third kappa shape index (κ3) is 2.59. The lowest BCUT2D eigenvalue weighted by Gasteiger charge is -2.12. The van der Waals surface area contributed by atoms with E-state index in [1.807, 2.05) is 20.8 Å². The average molecular weight is 295 g/mol. The van der Waals surface area contributed by atoms with Crippen LogP contribution in [0.4, 0.5) is 0 Å². The van der Waals surface area contributed by atoms with Gasteiger partial charge in [0.05, 0.1) is 6.61 Å². The molecule has 0 aromatic carbocycles. The fourth-order valence-corrected chi connectivity index (χ4v) is 2.85. The van der Waals surface area contributed by atoms with E-state index in [0.29, 0.717) is 11.6 Å². The summed E-state index contributed by atoms with van der Waals surface area (Å²) in [5.74, 6) is -0.426. The summed E-state index contributed by atoms with van der Waals surface area (Å²) in [6.07, 6.45) is 1.34. The fraction of sp³-hybridized carbons (Fsp3) is 0.462. The number of hydrogen-bond acceptors (Lipinski definition) is 5. The molecular formula is C13H17N3O3S. The van der Waals surface area contributed by atoms with Crippen molar-refractivity contribution < 1.29 is 9.53 Å². The van der Waals surface area contributed by atoms with Crippen molar-refractivity contribution in [2.75, 3.05) is 13.7 Å². The van der Waals surface area contributed by atoms with E-state index in [0.717, 1.165) is 10.6 Å². The van der Waals surface area contributed by atoms with Crippen LogP contribution in [0.5, 0.6) is 0 Å². The minimum atomic E-state index is -0.426. The molecule has 0 saturated heterocycles. The Bertz CT molecular complexity index is 705. The van der Waals surface area contributed by atoms with E-state index in [4.69, 9.17) is 4.74 Å². The van der Waals surface area contributed by atoms with Gasteiger partial charge in [-0.05, 0) is 20.8 Å². The van der Waals surface area contributed by atoms with E-state index in [-0.39, 0.29) is 17.2 Å². The van der Waals surface area contributed by atoms with Gasteiger partial charge < -0.3 is 10.1 Å². The zero-order chi connectivity index (χ0) is 14.9. The third-order valence-electron chi connectivity index (χ3n) is 3.06. The number of fused-ring (bicyclic) bond motifs is 1. The van der Waals surface area contributed by atoms with Gasteiger partial charge in [-0.15, -0.1) is 11.3 Å². The number of carbonyl (C=O) groups is 1. The predicted molar refractivity (Wildman–Crippen MR) is 77.6 cm³/mol. The molecule has 0 aliphatic rings. The highest BCUT2D eigenvalue weighted by molar-refractivity contribution is 7.17. The van der Waals surface area contributed by atoms with Crippen molar-refractivity contribution in [3.05, 3.63) is 32.7 Å². The van der Waals surface area contributed by atoms with Gasteiger partial charge in [-0.1, -0.05) is 0 Å². The first-order chi connectivity index (χ1) is 9.45. The van der Waals surface area contributed by atoms with Gasteiger partial charge >= 0.3 is 0 Å². The summed E-state index contributed by atoms with van der Waals surface area (Å²) in [5, 5.41) is 2.72. The molecule has 0 saturated carbocycles. The van der Waals surface area contributed by atoms with Crippen LogP contribution in [0, 0.1) is 13.8 Å². The molecule has 20 heavy (non-hydrogen) atoms. The highest BCUT2D eigenvalue weighted by atomic mass is 32.1. The zero-order valence-electron chi connectivity index (χ0n) is 11.9. The van der Waals surface area contributed by atoms with E-state index >= 15 is 0 Å². The number of hydrogen-bond donors (Lipinski definition) is 1. The van der Waals surface area contributed by atoms with E-state index in [9.17, 15) is 9.59 Å². The zero-order valence-corrected chi connectivity index (χ0v) is 12.7. The first-order valence-electron chi connectivity index (χ1n) is 6.23. The molecule has 2 rings (SSSR count). The second-order valence-electron chi connectivity index (χ2n) is 4.67. The van der Waals surface area contributed by atoms with Crippen LogP contribution >= 0.6 is 11.3 Å². The van der Waals surface area contributed by atoms with Crippen molar-refractivity contribution >= 4 is 22.2 Å². The molecule has 1 atom stereocenters. The predicted octanol–water partition coefficient (Wildman–Crippen LogP) is 1.14. The molecule has 2 heterocycles. The SMILES string of the molecule is COCC(C)NC(=O)c1cnc2sc(C)c(C)n2c1=O. The van der Waals surface area contributed by atoms with Gasteiger partial charge in [0.1, 0.15) is 5.56 Å². The Morgan fingerprint density at radius 2 is 2.25 bits per heavy atom. The summed E-state index contributed by atoms with van der Waals surface area (Å²) in [5.41, 5.74) is 0.535. The number of rotatable bonds is 4. The largest absolute Gasteiger partial charge is 0.383 e. The van der Waals surface area contributed by atoms with Crippen molar-refractivity contribution in [3.8, 4) is 0 Å². The van der Waals surface area contributed by atoms with Gasteiger partial charge in [0.25, 0.3) is 11.5 Å². The molecule has 0 spiro atoms. The second kappa shape index (κ2) is 5.72. The number of aromatic nitrogens is 2. The smallest absolute Gasteiger partial charge is 0.271 e. The molecule has 0 aliphatic heterocycles. The van der Waals surface area contributed by atoms with Crippen LogP contribution in [0.1, 0.15) is 27.9 Å². The van der Waals surface area contributed by atoms with Crippen LogP contribution in [0.3, 0.4) is 0 Å². The van der Waals surface area contributed by atoms with Gasteiger partial charge in [-0.3, -0.25) is 14.0 Å². The Kier molecular flexibility index (Phi) is 4.20. The molecule has 1 unspecified atom stereocenters. The molecule has 7 heteroatoms. The molecule has 0 radical (unpaired) electrons. The van der Waals surface area contributed by atoms with E-state index < -0.39 is 5.91 Å². The van der Waals surface area contributed by atoms with Crippen LogP contribution in [-0.2, 0) is 4.74 Å². The normalized spacial score (nSPS) is 12.6. The monoisotopic (exact) mass is 295 g/mol. The number of aryl methyl sites for hydroxylation is 2. The lowest BCUT2D eigenvalue weighted by Crippen LogP contribution is -2.39. The lowest BCUT2D eigenvalue weighted by molar-refractivity contribution is 0.0903. The quantitative estimate of drug-likeness (QED) is 0.918. The molecule has 1 N–H and O–H groups in total. The van der Waals surface area contributed by atoms with Crippen molar-refractivity contribution in [2.45, 2.75) is 26.8 Å². The van der Waals surface area contributed by atoms with Gasteiger partial charge in [-0.25, -0.2) is 4.98 Å². The van der Waals surface area contributed by atoms with Crippen molar-refractivity contribution in [3.63, 3.8) is 0 Å². The lowest BCUT2D eigenvalue weighted by atomic mass is 10.2. The van der Waals surface area contributed by atoms with Crippen molar-refractivity contribution in [1.29, 1.82) is 0 Å². The summed E-state index contributed by atoms with van der Waals surface area (Å²) < 4.78 is 6.43.